The van der Waals surface area contributed by atoms with E-state index in [4.69, 9.17) is 52.8 Å². The van der Waals surface area contributed by atoms with E-state index in [2.05, 4.69) is 131 Å². The number of phenolic OH excluding ortho intramolecular Hbond substituents is 1. The Labute approximate surface area is 613 Å². The van der Waals surface area contributed by atoms with Gasteiger partial charge in [0, 0.05) is 33.5 Å². The van der Waals surface area contributed by atoms with E-state index in [-0.39, 0.29) is 5.75 Å². The Morgan fingerprint density at radius 3 is 1.30 bits per heavy atom. The van der Waals surface area contributed by atoms with Crippen LogP contribution in [0.25, 0.3) is 61.1 Å². The van der Waals surface area contributed by atoms with E-state index in [1.807, 2.05) is 132 Å². The number of nitrogens with two attached hydrogens (primary N) is 1. The number of hydrogen-bond donors (Lipinski definition) is 2. The fourth-order valence-corrected chi connectivity index (χ4v) is 11.3. The molecule has 0 bridgehead atoms. The minimum absolute atomic E-state index is 0.187. The zero-order valence-corrected chi connectivity index (χ0v) is 60.1. The number of imidazole rings is 1. The van der Waals surface area contributed by atoms with E-state index in [9.17, 15) is 55.5 Å². The fraction of sp³-hybridized carbons (Fsp3) is 0.218. The third kappa shape index (κ3) is 27.2. The topological polar surface area (TPSA) is 159 Å². The van der Waals surface area contributed by atoms with Gasteiger partial charge in [0.15, 0.2) is 35.8 Å². The third-order valence-corrected chi connectivity index (χ3v) is 15.9. The Hall–Kier alpha value is -10.3. The van der Waals surface area contributed by atoms with Crippen molar-refractivity contribution in [3.63, 3.8) is 0 Å². The number of fused-ring (bicyclic) bond motifs is 4. The smallest absolute Gasteiger partial charge is 0.161 e. The van der Waals surface area contributed by atoms with Gasteiger partial charge < -0.3 is 53.1 Å². The Balaban J connectivity index is 0.000000224. The molecule has 0 unspecified atom stereocenters. The number of quaternary nitrogens is 1. The summed E-state index contributed by atoms with van der Waals surface area (Å²) in [6.07, 6.45) is 2.08. The van der Waals surface area contributed by atoms with Crippen molar-refractivity contribution in [1.82, 2.24) is 19.4 Å². The zero-order chi connectivity index (χ0) is 76.8. The van der Waals surface area contributed by atoms with Crippen LogP contribution >= 0.6 is 15.6 Å². The molecule has 2 aromatic heterocycles. The Morgan fingerprint density at radius 1 is 0.454 bits per heavy atom. The van der Waals surface area contributed by atoms with Gasteiger partial charge in [0.05, 0.1) is 75.0 Å². The summed E-state index contributed by atoms with van der Waals surface area (Å²) in [4.78, 5) is 5.22. The summed E-state index contributed by atoms with van der Waals surface area (Å²) in [5.74, 6) is 4.43. The molecule has 10 aromatic carbocycles. The number of aromatic nitrogens is 5. The molecule has 0 atom stereocenters. The Morgan fingerprint density at radius 2 is 0.843 bits per heavy atom. The number of benzene rings is 10. The van der Waals surface area contributed by atoms with E-state index in [0.29, 0.717) is 127 Å². The van der Waals surface area contributed by atoms with Gasteiger partial charge in [-0.25, -0.2) is 4.98 Å². The van der Waals surface area contributed by atoms with Crippen LogP contribution in [-0.2, 0) is 52.2 Å². The first kappa shape index (κ1) is 80.2. The minimum Gasteiger partial charge on any atom is -0.487 e. The number of rotatable bonds is 13. The summed E-state index contributed by atoms with van der Waals surface area (Å²) in [7, 11) is -19.3. The molecule has 13 rings (SSSR count). The monoisotopic (exact) mass is 1550 g/mol. The second kappa shape index (κ2) is 34.7. The second-order valence-corrected chi connectivity index (χ2v) is 28.1. The van der Waals surface area contributed by atoms with Crippen LogP contribution in [0.1, 0.15) is 22.4 Å². The van der Waals surface area contributed by atoms with Gasteiger partial charge in [0.1, 0.15) is 70.4 Å². The molecule has 1 aliphatic heterocycles. The molecule has 0 aliphatic carbocycles. The maximum atomic E-state index is 11.0. The molecule has 16 nitrogen and oxygen atoms in total. The van der Waals surface area contributed by atoms with E-state index in [1.165, 1.54) is 38.2 Å². The van der Waals surface area contributed by atoms with Gasteiger partial charge in [0.25, 0.3) is 0 Å². The van der Waals surface area contributed by atoms with E-state index >= 15 is 0 Å². The molecule has 0 saturated carbocycles. The van der Waals surface area contributed by atoms with E-state index < -0.39 is 15.6 Å². The van der Waals surface area contributed by atoms with Crippen LogP contribution in [0, 0.1) is 0 Å². The summed E-state index contributed by atoms with van der Waals surface area (Å²) in [5.41, 5.74) is 10.2. The normalized spacial score (nSPS) is 14.9. The van der Waals surface area contributed by atoms with Crippen molar-refractivity contribution in [3.05, 3.63) is 265 Å². The van der Waals surface area contributed by atoms with Crippen LogP contribution in [0.15, 0.2) is 243 Å². The van der Waals surface area contributed by atoms with Crippen molar-refractivity contribution in [2.24, 2.45) is 7.05 Å². The molecule has 12 aromatic rings. The standard InChI is InChI=1S/C54H44N6O2.C24H32O8.2F6P/c1-58-45(35-59(57-58)36-50-47-20-10-8-18-42(47)32-43-19-9-11-21-48(43)50)37-62-46-30-26-39(27-31-46)34-55-33-38-24-28-44(29-25-38)60-53(41-16-6-3-7-17-41)52(40-14-4-2-5-15-40)56-54(60)49-22-12-13-23-51(49)61;1-2-6-22-21(5-1)29-17-13-25-9-10-27-15-19-31-23-7-3-4-8-24(23)32-20-16-28-12-11-26-14-18-30-22;2*1-7(2,3,4,5)6/h2-32,35,55H,33-34,36-37H2,1H3;1-8H,9-20H2;;/q;;2*-1/p+2. The molecule has 0 fully saturated rings. The molecular formula is C78H78F12N6O10P2. The van der Waals surface area contributed by atoms with Gasteiger partial charge >= 0.3 is 66.0 Å². The second-order valence-electron chi connectivity index (χ2n) is 24.3. The van der Waals surface area contributed by atoms with Crippen molar-refractivity contribution in [1.29, 1.82) is 0 Å². The summed E-state index contributed by atoms with van der Waals surface area (Å²) in [6, 6.07) is 79.6. The van der Waals surface area contributed by atoms with Gasteiger partial charge in [0.2, 0.25) is 5.69 Å². The third-order valence-electron chi connectivity index (χ3n) is 15.9. The van der Waals surface area contributed by atoms with Gasteiger partial charge in [-0.1, -0.05) is 158 Å². The molecule has 3 N–H and O–H groups in total. The van der Waals surface area contributed by atoms with E-state index in [1.54, 1.807) is 6.07 Å². The summed E-state index contributed by atoms with van der Waals surface area (Å²) < 4.78 is 176. The van der Waals surface area contributed by atoms with Gasteiger partial charge in [-0.05, 0) is 100 Å². The van der Waals surface area contributed by atoms with Crippen molar-refractivity contribution in [2.75, 3.05) is 79.3 Å². The number of phenols is 1. The first-order valence-corrected chi connectivity index (χ1v) is 38.0. The number of para-hydroxylation sites is 5. The fourth-order valence-electron chi connectivity index (χ4n) is 11.3. The number of nitrogens with zero attached hydrogens (tertiary/aromatic N) is 5. The average molecular weight is 1550 g/mol. The van der Waals surface area contributed by atoms with Crippen LogP contribution in [0.5, 0.6) is 34.5 Å². The van der Waals surface area contributed by atoms with Gasteiger partial charge in [-0.15, -0.1) is 9.36 Å². The summed E-state index contributed by atoms with van der Waals surface area (Å²) >= 11 is 0. The zero-order valence-electron chi connectivity index (χ0n) is 58.3. The van der Waals surface area contributed by atoms with Crippen molar-refractivity contribution < 1.29 is 108 Å². The number of halogens is 12. The van der Waals surface area contributed by atoms with Crippen LogP contribution < -0.4 is 33.7 Å². The van der Waals surface area contributed by atoms with Crippen LogP contribution in [0.2, 0.25) is 0 Å². The molecular weight excluding hydrogens is 1470 g/mol. The number of ether oxygens (including phenoxy) is 9. The molecule has 0 amide bonds. The molecule has 0 saturated heterocycles. The van der Waals surface area contributed by atoms with Crippen LogP contribution in [0.4, 0.5) is 50.4 Å². The SMILES string of the molecule is Cn1n[n+](Cc2c3ccccc3cc3ccccc23)cc1COc1ccc(C[NH2+]Cc2ccc(-n3c(-c4ccccc4O)nc(-c4ccccc4)c3-c3ccccc3)cc2)cc1.F[P-](F)(F)(F)(F)F.F[P-](F)(F)(F)(F)F.c1ccc2c(c1)OCCOCCOCCOc1ccccc1OCCOCCOCCO2. The van der Waals surface area contributed by atoms with Crippen LogP contribution in [-0.4, -0.2) is 104 Å². The van der Waals surface area contributed by atoms with Gasteiger partial charge in [-0.2, -0.15) is 0 Å². The first-order chi connectivity index (χ1) is 51.4. The Kier molecular flexibility index (Phi) is 25.8. The number of aromatic hydroxyl groups is 1. The van der Waals surface area contributed by atoms with Crippen molar-refractivity contribution >= 4 is 37.2 Å². The number of aryl methyl sites for hydroxylation is 1. The Bertz CT molecular complexity index is 4650. The van der Waals surface area contributed by atoms with Crippen molar-refractivity contribution in [2.45, 2.75) is 26.2 Å². The molecule has 30 heteroatoms. The molecule has 1 aliphatic rings. The van der Waals surface area contributed by atoms with Crippen molar-refractivity contribution in [3.8, 4) is 74.1 Å². The van der Waals surface area contributed by atoms with E-state index in [0.717, 1.165) is 52.7 Å². The molecule has 3 heterocycles. The average Bonchev–Trinajstić information content (AvgIpc) is 1.55. The molecule has 574 valence electrons. The van der Waals surface area contributed by atoms with Gasteiger partial charge in [-0.3, -0.25) is 4.57 Å². The molecule has 108 heavy (non-hydrogen) atoms. The molecule has 0 spiro atoms. The summed E-state index contributed by atoms with van der Waals surface area (Å²) in [5, 5.41) is 23.1. The summed E-state index contributed by atoms with van der Waals surface area (Å²) in [6.45, 7) is 8.23. The predicted octanol–water partition coefficient (Wildman–Crippen LogP) is 19.5. The quantitative estimate of drug-likeness (QED) is 0.0488. The number of hydrogen-bond acceptors (Lipinski definition) is 12. The van der Waals surface area contributed by atoms with Crippen LogP contribution in [0.3, 0.4) is 0 Å². The maximum absolute atomic E-state index is 11.0. The maximum Gasteiger partial charge on any atom is 0.161 e. The minimum atomic E-state index is -10.7. The first-order valence-electron chi connectivity index (χ1n) is 34.0. The predicted molar refractivity (Wildman–Crippen MR) is 391 cm³/mol. The molecule has 0 radical (unpaired) electrons. The largest absolute Gasteiger partial charge is 0.487 e.